The maximum atomic E-state index is 13.8. The van der Waals surface area contributed by atoms with Crippen LogP contribution in [0, 0.1) is 11.7 Å². The lowest BCUT2D eigenvalue weighted by molar-refractivity contribution is 0.198. The molecule has 0 aliphatic carbocycles. The number of benzene rings is 1. The molecule has 1 heterocycles. The highest BCUT2D eigenvalue weighted by Crippen LogP contribution is 2.24. The molecule has 1 fully saturated rings. The van der Waals surface area contributed by atoms with E-state index in [-0.39, 0.29) is 10.8 Å². The van der Waals surface area contributed by atoms with Crippen molar-refractivity contribution in [2.75, 3.05) is 25.0 Å². The molecule has 1 aliphatic rings. The van der Waals surface area contributed by atoms with Gasteiger partial charge in [0, 0.05) is 25.7 Å². The van der Waals surface area contributed by atoms with Gasteiger partial charge >= 0.3 is 0 Å². The van der Waals surface area contributed by atoms with E-state index in [9.17, 15) is 4.39 Å². The zero-order valence-electron chi connectivity index (χ0n) is 11.6. The first kappa shape index (κ1) is 14.6. The molecule has 1 aromatic rings. The van der Waals surface area contributed by atoms with Crippen LogP contribution in [0.2, 0.25) is 5.02 Å². The van der Waals surface area contributed by atoms with Crippen LogP contribution in [0.25, 0.3) is 0 Å². The molecule has 19 heavy (non-hydrogen) atoms. The molecule has 0 amide bonds. The van der Waals surface area contributed by atoms with Crippen LogP contribution in [0.4, 0.5) is 10.1 Å². The second-order valence-corrected chi connectivity index (χ2v) is 6.12. The molecule has 0 radical (unpaired) electrons. The summed E-state index contributed by atoms with van der Waals surface area (Å²) in [7, 11) is 0. The van der Waals surface area contributed by atoms with Crippen molar-refractivity contribution in [2.24, 2.45) is 5.92 Å². The van der Waals surface area contributed by atoms with Crippen LogP contribution in [0.1, 0.15) is 26.7 Å². The Kier molecular flexibility index (Phi) is 5.06. The summed E-state index contributed by atoms with van der Waals surface area (Å²) in [5, 5.41) is 3.46. The minimum absolute atomic E-state index is 0.183. The van der Waals surface area contributed by atoms with Gasteiger partial charge in [0.05, 0.1) is 10.7 Å². The van der Waals surface area contributed by atoms with Crippen molar-refractivity contribution in [2.45, 2.75) is 32.7 Å². The fourth-order valence-electron chi connectivity index (χ4n) is 2.61. The Morgan fingerprint density at radius 1 is 1.37 bits per heavy atom. The summed E-state index contributed by atoms with van der Waals surface area (Å²) >= 11 is 5.79. The van der Waals surface area contributed by atoms with Crippen molar-refractivity contribution in [1.29, 1.82) is 0 Å². The van der Waals surface area contributed by atoms with Gasteiger partial charge in [0.1, 0.15) is 0 Å². The predicted octanol–water partition coefficient (Wildman–Crippen LogP) is 4.01. The predicted molar refractivity (Wildman–Crippen MR) is 79.3 cm³/mol. The highest BCUT2D eigenvalue weighted by atomic mass is 35.5. The number of likely N-dealkylation sites (tertiary alicyclic amines) is 1. The van der Waals surface area contributed by atoms with E-state index < -0.39 is 0 Å². The molecular weight excluding hydrogens is 263 g/mol. The molecular formula is C15H22ClFN2. The molecule has 1 saturated heterocycles. The molecule has 0 aromatic heterocycles. The van der Waals surface area contributed by atoms with E-state index >= 15 is 0 Å². The summed E-state index contributed by atoms with van der Waals surface area (Å²) < 4.78 is 13.8. The van der Waals surface area contributed by atoms with E-state index in [2.05, 4.69) is 24.1 Å². The molecule has 2 nitrogen and oxygen atoms in total. The van der Waals surface area contributed by atoms with Crippen LogP contribution in [-0.2, 0) is 0 Å². The number of nitrogens with one attached hydrogen (secondary N) is 1. The highest BCUT2D eigenvalue weighted by molar-refractivity contribution is 6.31. The molecule has 1 aliphatic heterocycles. The van der Waals surface area contributed by atoms with Gasteiger partial charge in [-0.25, -0.2) is 4.39 Å². The van der Waals surface area contributed by atoms with Gasteiger partial charge in [0.25, 0.3) is 0 Å². The van der Waals surface area contributed by atoms with Gasteiger partial charge in [-0.2, -0.15) is 0 Å². The van der Waals surface area contributed by atoms with E-state index in [0.717, 1.165) is 32.5 Å². The zero-order valence-corrected chi connectivity index (χ0v) is 12.4. The minimum atomic E-state index is -0.339. The lowest BCUT2D eigenvalue weighted by atomic mass is 10.0. The van der Waals surface area contributed by atoms with Crippen molar-refractivity contribution in [3.05, 3.63) is 29.0 Å². The Bertz CT molecular complexity index is 415. The van der Waals surface area contributed by atoms with Crippen LogP contribution in [0.5, 0.6) is 0 Å². The Morgan fingerprint density at radius 3 is 2.68 bits per heavy atom. The van der Waals surface area contributed by atoms with Gasteiger partial charge in [0.15, 0.2) is 5.82 Å². The Morgan fingerprint density at radius 2 is 2.05 bits per heavy atom. The maximum absolute atomic E-state index is 13.8. The van der Waals surface area contributed by atoms with E-state index in [0.29, 0.717) is 17.6 Å². The van der Waals surface area contributed by atoms with Gasteiger partial charge in [-0.05, 0) is 30.9 Å². The molecule has 0 saturated carbocycles. The molecule has 1 N–H and O–H groups in total. The van der Waals surface area contributed by atoms with E-state index in [4.69, 9.17) is 11.6 Å². The summed E-state index contributed by atoms with van der Waals surface area (Å²) in [6.07, 6.45) is 2.11. The first-order valence-electron chi connectivity index (χ1n) is 6.99. The monoisotopic (exact) mass is 284 g/mol. The van der Waals surface area contributed by atoms with E-state index in [1.807, 2.05) is 0 Å². The minimum Gasteiger partial charge on any atom is -0.380 e. The van der Waals surface area contributed by atoms with Crippen LogP contribution < -0.4 is 5.32 Å². The summed E-state index contributed by atoms with van der Waals surface area (Å²) in [5.74, 6) is 0.365. The largest absolute Gasteiger partial charge is 0.380 e. The number of piperidine rings is 1. The quantitative estimate of drug-likeness (QED) is 0.899. The Hall–Kier alpha value is -0.800. The van der Waals surface area contributed by atoms with Crippen molar-refractivity contribution < 1.29 is 4.39 Å². The third kappa shape index (κ3) is 4.08. The van der Waals surface area contributed by atoms with E-state index in [1.54, 1.807) is 18.2 Å². The molecule has 106 valence electrons. The zero-order chi connectivity index (χ0) is 13.8. The summed E-state index contributed by atoms with van der Waals surface area (Å²) in [6.45, 7) is 7.80. The number of hydrogen-bond donors (Lipinski definition) is 1. The van der Waals surface area contributed by atoms with Crippen molar-refractivity contribution in [3.63, 3.8) is 0 Å². The lowest BCUT2D eigenvalue weighted by Gasteiger charge is -2.33. The molecule has 0 spiro atoms. The average molecular weight is 285 g/mol. The molecule has 0 atom stereocenters. The number of rotatable bonds is 4. The second-order valence-electron chi connectivity index (χ2n) is 5.71. The normalized spacial score (nSPS) is 17.9. The van der Waals surface area contributed by atoms with Crippen molar-refractivity contribution >= 4 is 17.3 Å². The number of hydrogen-bond acceptors (Lipinski definition) is 2. The Labute approximate surface area is 119 Å². The molecule has 0 bridgehead atoms. The fraction of sp³-hybridized carbons (Fsp3) is 0.600. The standard InChI is InChI=1S/C15H22ClFN2/c1-11(2)10-19-8-6-12(7-9-19)18-14-5-3-4-13(16)15(14)17/h3-5,11-12,18H,6-10H2,1-2H3. The smallest absolute Gasteiger partial charge is 0.164 e. The average Bonchev–Trinajstić information content (AvgIpc) is 2.37. The van der Waals surface area contributed by atoms with Gasteiger partial charge in [-0.3, -0.25) is 0 Å². The maximum Gasteiger partial charge on any atom is 0.164 e. The molecule has 0 unspecified atom stereocenters. The topological polar surface area (TPSA) is 15.3 Å². The Balaban J connectivity index is 1.87. The molecule has 2 rings (SSSR count). The molecule has 4 heteroatoms. The number of nitrogens with zero attached hydrogens (tertiary/aromatic N) is 1. The number of anilines is 1. The molecule has 1 aromatic carbocycles. The third-order valence-corrected chi connectivity index (χ3v) is 3.81. The van der Waals surface area contributed by atoms with Crippen molar-refractivity contribution in [1.82, 2.24) is 4.90 Å². The highest BCUT2D eigenvalue weighted by Gasteiger charge is 2.20. The van der Waals surface area contributed by atoms with Crippen LogP contribution in [0.3, 0.4) is 0 Å². The van der Waals surface area contributed by atoms with Gasteiger partial charge in [-0.15, -0.1) is 0 Å². The summed E-state index contributed by atoms with van der Waals surface area (Å²) in [5.41, 5.74) is 0.523. The first-order valence-corrected chi connectivity index (χ1v) is 7.37. The van der Waals surface area contributed by atoms with Crippen molar-refractivity contribution in [3.8, 4) is 0 Å². The van der Waals surface area contributed by atoms with Gasteiger partial charge in [0.2, 0.25) is 0 Å². The van der Waals surface area contributed by atoms with Crippen LogP contribution in [-0.4, -0.2) is 30.6 Å². The van der Waals surface area contributed by atoms with Crippen LogP contribution >= 0.6 is 11.6 Å². The summed E-state index contributed by atoms with van der Waals surface area (Å²) in [4.78, 5) is 2.48. The SMILES string of the molecule is CC(C)CN1CCC(Nc2cccc(Cl)c2F)CC1. The second kappa shape index (κ2) is 6.58. The van der Waals surface area contributed by atoms with E-state index in [1.165, 1.54) is 0 Å². The first-order chi connectivity index (χ1) is 9.06. The van der Waals surface area contributed by atoms with Gasteiger partial charge < -0.3 is 10.2 Å². The van der Waals surface area contributed by atoms with Crippen LogP contribution in [0.15, 0.2) is 18.2 Å². The fourth-order valence-corrected chi connectivity index (χ4v) is 2.79. The lowest BCUT2D eigenvalue weighted by Crippen LogP contribution is -2.40. The summed E-state index contributed by atoms with van der Waals surface area (Å²) in [6, 6.07) is 5.45. The van der Waals surface area contributed by atoms with Gasteiger partial charge in [-0.1, -0.05) is 31.5 Å². The number of halogens is 2. The third-order valence-electron chi connectivity index (χ3n) is 3.52.